The predicted molar refractivity (Wildman–Crippen MR) is 53.1 cm³/mol. The molecule has 2 aromatic rings. The summed E-state index contributed by atoms with van der Waals surface area (Å²) in [5.74, 6) is 0.363. The van der Waals surface area contributed by atoms with Gasteiger partial charge in [-0.05, 0) is 13.8 Å². The van der Waals surface area contributed by atoms with Crippen LogP contribution in [-0.4, -0.2) is 24.9 Å². The van der Waals surface area contributed by atoms with Gasteiger partial charge in [0.15, 0.2) is 5.75 Å². The molecule has 0 atom stereocenters. The lowest BCUT2D eigenvalue weighted by Gasteiger charge is -1.99. The van der Waals surface area contributed by atoms with E-state index in [2.05, 4.69) is 15.1 Å². The van der Waals surface area contributed by atoms with E-state index in [-0.39, 0.29) is 11.3 Å². The smallest absolute Gasteiger partial charge is 0.252 e. The van der Waals surface area contributed by atoms with Crippen LogP contribution in [-0.2, 0) is 0 Å². The van der Waals surface area contributed by atoms with E-state index in [9.17, 15) is 9.90 Å². The molecule has 0 unspecified atom stereocenters. The largest absolute Gasteiger partial charge is 0.504 e. The van der Waals surface area contributed by atoms with Gasteiger partial charge in [-0.15, -0.1) is 0 Å². The van der Waals surface area contributed by atoms with Gasteiger partial charge in [0.25, 0.3) is 5.56 Å². The van der Waals surface area contributed by atoms with Crippen LogP contribution in [0.2, 0.25) is 0 Å². The molecule has 2 N–H and O–H groups in total. The van der Waals surface area contributed by atoms with Crippen molar-refractivity contribution < 1.29 is 5.11 Å². The molecule has 0 radical (unpaired) electrons. The third-order valence-electron chi connectivity index (χ3n) is 1.95. The lowest BCUT2D eigenvalue weighted by atomic mass is 10.4. The summed E-state index contributed by atoms with van der Waals surface area (Å²) < 4.78 is 1.33. The summed E-state index contributed by atoms with van der Waals surface area (Å²) >= 11 is 0. The highest BCUT2D eigenvalue weighted by Gasteiger charge is 2.06. The molecule has 6 heteroatoms. The first kappa shape index (κ1) is 9.45. The topological polar surface area (TPSA) is 83.8 Å². The molecule has 0 aliphatic heterocycles. The molecule has 6 nitrogen and oxygen atoms in total. The third-order valence-corrected chi connectivity index (χ3v) is 1.95. The Morgan fingerprint density at radius 2 is 2.20 bits per heavy atom. The highest BCUT2D eigenvalue weighted by molar-refractivity contribution is 5.25. The quantitative estimate of drug-likeness (QED) is 0.701. The Bertz CT molecular complexity index is 536. The maximum absolute atomic E-state index is 11.2. The van der Waals surface area contributed by atoms with Gasteiger partial charge in [-0.2, -0.15) is 5.10 Å². The van der Waals surface area contributed by atoms with Gasteiger partial charge in [0.05, 0.1) is 6.20 Å². The maximum Gasteiger partial charge on any atom is 0.252 e. The van der Waals surface area contributed by atoms with Crippen molar-refractivity contribution in [3.8, 4) is 11.7 Å². The number of hydrogen-bond acceptors (Lipinski definition) is 4. The molecule has 0 saturated carbocycles. The molecule has 0 saturated heterocycles. The SMILES string of the molecule is Cc1cc(=O)[nH]c(-n2cc(O)c(C)n2)n1. The van der Waals surface area contributed by atoms with Crippen LogP contribution in [0.15, 0.2) is 17.1 Å². The molecule has 0 fully saturated rings. The van der Waals surface area contributed by atoms with Gasteiger partial charge < -0.3 is 5.11 Å². The molecule has 0 bridgehead atoms. The van der Waals surface area contributed by atoms with Crippen LogP contribution in [0.4, 0.5) is 0 Å². The second-order valence-electron chi connectivity index (χ2n) is 3.25. The fraction of sp³-hybridized carbons (Fsp3) is 0.222. The van der Waals surface area contributed by atoms with E-state index >= 15 is 0 Å². The normalized spacial score (nSPS) is 10.5. The summed E-state index contributed by atoms with van der Waals surface area (Å²) in [4.78, 5) is 17.8. The van der Waals surface area contributed by atoms with Crippen molar-refractivity contribution in [1.29, 1.82) is 0 Å². The Morgan fingerprint density at radius 3 is 2.73 bits per heavy atom. The fourth-order valence-electron chi connectivity index (χ4n) is 1.23. The molecule has 2 heterocycles. The minimum absolute atomic E-state index is 0.0687. The highest BCUT2D eigenvalue weighted by Crippen LogP contribution is 2.14. The van der Waals surface area contributed by atoms with Gasteiger partial charge in [0.2, 0.25) is 5.95 Å². The van der Waals surface area contributed by atoms with Crippen molar-refractivity contribution in [1.82, 2.24) is 19.7 Å². The van der Waals surface area contributed by atoms with Crippen LogP contribution in [0.5, 0.6) is 5.75 Å². The fourth-order valence-corrected chi connectivity index (χ4v) is 1.23. The van der Waals surface area contributed by atoms with Crippen LogP contribution in [0.3, 0.4) is 0 Å². The number of aryl methyl sites for hydroxylation is 2. The molecular weight excluding hydrogens is 196 g/mol. The standard InChI is InChI=1S/C9H10N4O2/c1-5-3-8(15)11-9(10-5)13-4-7(14)6(2)12-13/h3-4,14H,1-2H3,(H,10,11,15). The van der Waals surface area contributed by atoms with Crippen molar-refractivity contribution in [2.24, 2.45) is 0 Å². The Balaban J connectivity index is 2.58. The van der Waals surface area contributed by atoms with E-state index in [4.69, 9.17) is 0 Å². The highest BCUT2D eigenvalue weighted by atomic mass is 16.3. The number of rotatable bonds is 1. The van der Waals surface area contributed by atoms with Crippen LogP contribution in [0.25, 0.3) is 5.95 Å². The monoisotopic (exact) mass is 206 g/mol. The Labute approximate surface area is 85.2 Å². The molecule has 2 aromatic heterocycles. The number of aromatic amines is 1. The summed E-state index contributed by atoms with van der Waals surface area (Å²) in [7, 11) is 0. The second kappa shape index (κ2) is 3.23. The first-order valence-corrected chi connectivity index (χ1v) is 4.40. The van der Waals surface area contributed by atoms with Gasteiger partial charge in [-0.1, -0.05) is 0 Å². The maximum atomic E-state index is 11.2. The Morgan fingerprint density at radius 1 is 1.47 bits per heavy atom. The molecule has 0 aliphatic rings. The van der Waals surface area contributed by atoms with Gasteiger partial charge in [0.1, 0.15) is 5.69 Å². The predicted octanol–water partition coefficient (Wildman–Crippen LogP) is 0.278. The average Bonchev–Trinajstić information content (AvgIpc) is 2.45. The van der Waals surface area contributed by atoms with Gasteiger partial charge in [-0.3, -0.25) is 9.78 Å². The van der Waals surface area contributed by atoms with E-state index in [0.717, 1.165) is 0 Å². The van der Waals surface area contributed by atoms with Crippen LogP contribution in [0.1, 0.15) is 11.4 Å². The van der Waals surface area contributed by atoms with Crippen molar-refractivity contribution in [2.45, 2.75) is 13.8 Å². The first-order chi connectivity index (χ1) is 7.06. The molecular formula is C9H10N4O2. The lowest BCUT2D eigenvalue weighted by molar-refractivity contribution is 0.471. The van der Waals surface area contributed by atoms with Crippen molar-refractivity contribution in [3.63, 3.8) is 0 Å². The van der Waals surface area contributed by atoms with Crippen molar-refractivity contribution in [2.75, 3.05) is 0 Å². The molecule has 0 aromatic carbocycles. The number of H-pyrrole nitrogens is 1. The number of aromatic hydroxyl groups is 1. The summed E-state index contributed by atoms with van der Waals surface area (Å²) in [5, 5.41) is 13.3. The van der Waals surface area contributed by atoms with Crippen LogP contribution >= 0.6 is 0 Å². The minimum atomic E-state index is -0.245. The minimum Gasteiger partial charge on any atom is -0.504 e. The molecule has 0 aliphatic carbocycles. The second-order valence-corrected chi connectivity index (χ2v) is 3.25. The molecule has 78 valence electrons. The number of hydrogen-bond donors (Lipinski definition) is 2. The van der Waals surface area contributed by atoms with Crippen molar-refractivity contribution >= 4 is 0 Å². The van der Waals surface area contributed by atoms with Gasteiger partial charge in [-0.25, -0.2) is 9.67 Å². The van der Waals surface area contributed by atoms with Crippen LogP contribution in [0, 0.1) is 13.8 Å². The van der Waals surface area contributed by atoms with Crippen LogP contribution < -0.4 is 5.56 Å². The zero-order valence-electron chi connectivity index (χ0n) is 8.35. The molecule has 0 spiro atoms. The summed E-state index contributed by atoms with van der Waals surface area (Å²) in [6.45, 7) is 3.38. The lowest BCUT2D eigenvalue weighted by Crippen LogP contribution is -2.13. The first-order valence-electron chi connectivity index (χ1n) is 4.40. The zero-order chi connectivity index (χ0) is 11.0. The van der Waals surface area contributed by atoms with E-state index in [1.807, 2.05) is 0 Å². The van der Waals surface area contributed by atoms with Gasteiger partial charge in [0, 0.05) is 11.8 Å². The van der Waals surface area contributed by atoms with E-state index in [1.54, 1.807) is 13.8 Å². The third kappa shape index (κ3) is 1.74. The number of nitrogens with one attached hydrogen (secondary N) is 1. The van der Waals surface area contributed by atoms with Gasteiger partial charge >= 0.3 is 0 Å². The van der Waals surface area contributed by atoms with Crippen molar-refractivity contribution in [3.05, 3.63) is 34.0 Å². The molecule has 2 rings (SSSR count). The summed E-state index contributed by atoms with van der Waals surface area (Å²) in [6, 6.07) is 1.39. The van der Waals surface area contributed by atoms with E-state index < -0.39 is 0 Å². The molecule has 0 amide bonds. The Kier molecular flexibility index (Phi) is 2.03. The number of aromatic nitrogens is 4. The average molecular weight is 206 g/mol. The zero-order valence-corrected chi connectivity index (χ0v) is 8.35. The van der Waals surface area contributed by atoms with E-state index in [1.165, 1.54) is 16.9 Å². The number of nitrogens with zero attached hydrogens (tertiary/aromatic N) is 3. The molecule has 15 heavy (non-hydrogen) atoms. The summed E-state index contributed by atoms with van der Waals surface area (Å²) in [5.41, 5.74) is 0.839. The summed E-state index contributed by atoms with van der Waals surface area (Å²) in [6.07, 6.45) is 1.40. The Hall–Kier alpha value is -2.11. The van der Waals surface area contributed by atoms with E-state index in [0.29, 0.717) is 17.3 Å².